The van der Waals surface area contributed by atoms with Gasteiger partial charge in [0, 0.05) is 36.7 Å². The summed E-state index contributed by atoms with van der Waals surface area (Å²) >= 11 is 0. The zero-order valence-corrected chi connectivity index (χ0v) is 14.4. The van der Waals surface area contributed by atoms with E-state index in [9.17, 15) is 0 Å². The Hall–Kier alpha value is -2.69. The molecule has 2 aromatic heterocycles. The second-order valence-electron chi connectivity index (χ2n) is 6.53. The maximum absolute atomic E-state index is 6.00. The molecule has 25 heavy (non-hydrogen) atoms. The van der Waals surface area contributed by atoms with Crippen molar-refractivity contribution in [3.8, 4) is 11.5 Å². The summed E-state index contributed by atoms with van der Waals surface area (Å²) in [6, 6.07) is 14.1. The molecule has 1 aromatic carbocycles. The number of hydrogen-bond acceptors (Lipinski definition) is 4. The largest absolute Gasteiger partial charge is 0.497 e. The average molecular weight is 337 g/mol. The van der Waals surface area contributed by atoms with Gasteiger partial charge in [-0.25, -0.2) is 4.98 Å². The van der Waals surface area contributed by atoms with Crippen LogP contribution in [0.5, 0.6) is 11.5 Å². The van der Waals surface area contributed by atoms with Crippen LogP contribution in [-0.4, -0.2) is 36.8 Å². The molecule has 1 atom stereocenters. The molecule has 5 nitrogen and oxygen atoms in total. The standard InChI is InChI=1S/C20H23N3O2/c1-24-17-5-2-6-18(12-17)25-14-15-4-3-11-23(13-15)19-8-7-16-9-10-21-20(16)22-19/h2,5-10,12,15H,3-4,11,13-14H2,1H3,(H,21,22). The number of pyridine rings is 1. The van der Waals surface area contributed by atoms with Crippen molar-refractivity contribution in [3.63, 3.8) is 0 Å². The van der Waals surface area contributed by atoms with Crippen LogP contribution in [0, 0.1) is 5.92 Å². The molecule has 1 saturated heterocycles. The van der Waals surface area contributed by atoms with Gasteiger partial charge in [0.15, 0.2) is 0 Å². The Morgan fingerprint density at radius 2 is 2.12 bits per heavy atom. The number of nitrogens with zero attached hydrogens (tertiary/aromatic N) is 2. The minimum Gasteiger partial charge on any atom is -0.497 e. The molecule has 0 bridgehead atoms. The summed E-state index contributed by atoms with van der Waals surface area (Å²) in [5.41, 5.74) is 0.951. The number of piperidine rings is 1. The van der Waals surface area contributed by atoms with Crippen LogP contribution in [0.15, 0.2) is 48.7 Å². The van der Waals surface area contributed by atoms with Crippen LogP contribution in [0.25, 0.3) is 11.0 Å². The summed E-state index contributed by atoms with van der Waals surface area (Å²) in [5.74, 6) is 3.23. The number of hydrogen-bond donors (Lipinski definition) is 1. The normalized spacial score (nSPS) is 17.6. The number of aromatic nitrogens is 2. The number of benzene rings is 1. The lowest BCUT2D eigenvalue weighted by atomic mass is 9.99. The molecule has 1 N–H and O–H groups in total. The topological polar surface area (TPSA) is 50.4 Å². The molecule has 0 radical (unpaired) electrons. The zero-order chi connectivity index (χ0) is 17.1. The lowest BCUT2D eigenvalue weighted by Crippen LogP contribution is -2.38. The number of ether oxygens (including phenoxy) is 2. The van der Waals surface area contributed by atoms with Crippen LogP contribution in [0.2, 0.25) is 0 Å². The van der Waals surface area contributed by atoms with Gasteiger partial charge >= 0.3 is 0 Å². The van der Waals surface area contributed by atoms with Gasteiger partial charge in [0.25, 0.3) is 0 Å². The quantitative estimate of drug-likeness (QED) is 0.768. The Labute approximate surface area is 147 Å². The van der Waals surface area contributed by atoms with Crippen LogP contribution in [0.3, 0.4) is 0 Å². The van der Waals surface area contributed by atoms with Crippen LogP contribution < -0.4 is 14.4 Å². The second-order valence-corrected chi connectivity index (χ2v) is 6.53. The molecule has 130 valence electrons. The highest BCUT2D eigenvalue weighted by Crippen LogP contribution is 2.25. The van der Waals surface area contributed by atoms with Crippen molar-refractivity contribution in [2.24, 2.45) is 5.92 Å². The first kappa shape index (κ1) is 15.8. The van der Waals surface area contributed by atoms with Crippen molar-refractivity contribution < 1.29 is 9.47 Å². The summed E-state index contributed by atoms with van der Waals surface area (Å²) in [5, 5.41) is 1.15. The first-order valence-electron chi connectivity index (χ1n) is 8.78. The van der Waals surface area contributed by atoms with Gasteiger partial charge in [0.1, 0.15) is 23.0 Å². The summed E-state index contributed by atoms with van der Waals surface area (Å²) in [6.45, 7) is 2.74. The Balaban J connectivity index is 1.40. The van der Waals surface area contributed by atoms with E-state index in [1.165, 1.54) is 6.42 Å². The SMILES string of the molecule is COc1cccc(OCC2CCCN(c3ccc4cc[nH]c4n3)C2)c1. The highest BCUT2D eigenvalue weighted by atomic mass is 16.5. The molecule has 3 heterocycles. The van der Waals surface area contributed by atoms with E-state index in [1.807, 2.05) is 36.5 Å². The van der Waals surface area contributed by atoms with Gasteiger partial charge in [-0.15, -0.1) is 0 Å². The predicted molar refractivity (Wildman–Crippen MR) is 99.5 cm³/mol. The van der Waals surface area contributed by atoms with Crippen molar-refractivity contribution in [2.45, 2.75) is 12.8 Å². The Kier molecular flexibility index (Phi) is 4.46. The number of aromatic amines is 1. The number of nitrogens with one attached hydrogen (secondary N) is 1. The molecule has 0 spiro atoms. The van der Waals surface area contributed by atoms with Gasteiger partial charge in [-0.3, -0.25) is 0 Å². The lowest BCUT2D eigenvalue weighted by Gasteiger charge is -2.33. The summed E-state index contributed by atoms with van der Waals surface area (Å²) in [6.07, 6.45) is 4.28. The number of fused-ring (bicyclic) bond motifs is 1. The minimum atomic E-state index is 0.501. The van der Waals surface area contributed by atoms with Crippen LogP contribution in [-0.2, 0) is 0 Å². The van der Waals surface area contributed by atoms with Crippen molar-refractivity contribution in [1.82, 2.24) is 9.97 Å². The molecule has 5 heteroatoms. The fourth-order valence-corrected chi connectivity index (χ4v) is 3.41. The zero-order valence-electron chi connectivity index (χ0n) is 14.4. The molecule has 1 unspecified atom stereocenters. The molecular formula is C20H23N3O2. The van der Waals surface area contributed by atoms with E-state index in [0.717, 1.165) is 47.9 Å². The highest BCUT2D eigenvalue weighted by molar-refractivity contribution is 5.77. The third-order valence-corrected chi connectivity index (χ3v) is 4.76. The number of H-pyrrole nitrogens is 1. The number of rotatable bonds is 5. The first-order chi connectivity index (χ1) is 12.3. The van der Waals surface area contributed by atoms with Crippen molar-refractivity contribution in [1.29, 1.82) is 0 Å². The number of anilines is 1. The fourth-order valence-electron chi connectivity index (χ4n) is 3.41. The summed E-state index contributed by atoms with van der Waals surface area (Å²) < 4.78 is 11.2. The van der Waals surface area contributed by atoms with Gasteiger partial charge in [-0.1, -0.05) is 6.07 Å². The van der Waals surface area contributed by atoms with E-state index in [4.69, 9.17) is 14.5 Å². The molecule has 3 aromatic rings. The molecule has 0 amide bonds. The Morgan fingerprint density at radius 3 is 3.04 bits per heavy atom. The highest BCUT2D eigenvalue weighted by Gasteiger charge is 2.22. The van der Waals surface area contributed by atoms with E-state index >= 15 is 0 Å². The first-order valence-corrected chi connectivity index (χ1v) is 8.78. The van der Waals surface area contributed by atoms with Gasteiger partial charge < -0.3 is 19.4 Å². The van der Waals surface area contributed by atoms with Crippen molar-refractivity contribution in [3.05, 3.63) is 48.7 Å². The fraction of sp³-hybridized carbons (Fsp3) is 0.350. The Bertz CT molecular complexity index is 846. The molecule has 1 fully saturated rings. The molecule has 4 rings (SSSR count). The predicted octanol–water partition coefficient (Wildman–Crippen LogP) is 3.87. The molecular weight excluding hydrogens is 314 g/mol. The Morgan fingerprint density at radius 1 is 1.20 bits per heavy atom. The second kappa shape index (κ2) is 7.05. The average Bonchev–Trinajstić information content (AvgIpc) is 3.14. The monoisotopic (exact) mass is 337 g/mol. The molecule has 1 aliphatic heterocycles. The van der Waals surface area contributed by atoms with Gasteiger partial charge in [-0.2, -0.15) is 0 Å². The third-order valence-electron chi connectivity index (χ3n) is 4.76. The van der Waals surface area contributed by atoms with Gasteiger partial charge in [0.05, 0.1) is 13.7 Å². The minimum absolute atomic E-state index is 0.501. The van der Waals surface area contributed by atoms with E-state index in [0.29, 0.717) is 12.5 Å². The van der Waals surface area contributed by atoms with Crippen LogP contribution in [0.1, 0.15) is 12.8 Å². The summed E-state index contributed by atoms with van der Waals surface area (Å²) in [4.78, 5) is 10.3. The van der Waals surface area contributed by atoms with Crippen molar-refractivity contribution in [2.75, 3.05) is 31.7 Å². The van der Waals surface area contributed by atoms with Gasteiger partial charge in [0.2, 0.25) is 0 Å². The van der Waals surface area contributed by atoms with Gasteiger partial charge in [-0.05, 0) is 43.2 Å². The molecule has 1 aliphatic rings. The number of methoxy groups -OCH3 is 1. The molecule has 0 aliphatic carbocycles. The third kappa shape index (κ3) is 3.55. The lowest BCUT2D eigenvalue weighted by molar-refractivity contribution is 0.228. The van der Waals surface area contributed by atoms with Crippen LogP contribution >= 0.6 is 0 Å². The van der Waals surface area contributed by atoms with E-state index in [-0.39, 0.29) is 0 Å². The van der Waals surface area contributed by atoms with Crippen LogP contribution in [0.4, 0.5) is 5.82 Å². The smallest absolute Gasteiger partial charge is 0.139 e. The summed E-state index contributed by atoms with van der Waals surface area (Å²) in [7, 11) is 1.67. The molecule has 0 saturated carbocycles. The van der Waals surface area contributed by atoms with E-state index in [1.54, 1.807) is 7.11 Å². The van der Waals surface area contributed by atoms with E-state index in [2.05, 4.69) is 22.0 Å². The van der Waals surface area contributed by atoms with Crippen molar-refractivity contribution >= 4 is 16.9 Å². The maximum atomic E-state index is 6.00. The maximum Gasteiger partial charge on any atom is 0.139 e. The van der Waals surface area contributed by atoms with E-state index < -0.39 is 0 Å².